The molecule has 1 fully saturated rings. The summed E-state index contributed by atoms with van der Waals surface area (Å²) in [6.07, 6.45) is 1.46. The van der Waals surface area contributed by atoms with Gasteiger partial charge in [0.1, 0.15) is 11.5 Å². The Bertz CT molecular complexity index is 1250. The van der Waals surface area contributed by atoms with E-state index in [4.69, 9.17) is 16.0 Å². The minimum absolute atomic E-state index is 0.0669. The number of amides is 2. The fourth-order valence-electron chi connectivity index (χ4n) is 3.16. The Labute approximate surface area is 186 Å². The zero-order chi connectivity index (χ0) is 22.1. The third-order valence-corrected chi connectivity index (χ3v) is 5.76. The molecule has 0 atom stereocenters. The average molecular weight is 455 g/mol. The second-order valence-electron chi connectivity index (χ2n) is 6.88. The molecule has 9 heteroatoms. The molecule has 0 aliphatic carbocycles. The normalized spacial score (nSPS) is 15.2. The molecule has 2 amide bonds. The van der Waals surface area contributed by atoms with Crippen LogP contribution in [0.15, 0.2) is 63.9 Å². The molecule has 1 saturated heterocycles. The van der Waals surface area contributed by atoms with E-state index < -0.39 is 16.1 Å². The van der Waals surface area contributed by atoms with Crippen molar-refractivity contribution in [1.82, 2.24) is 4.90 Å². The van der Waals surface area contributed by atoms with Crippen LogP contribution in [0.25, 0.3) is 17.4 Å². The molecule has 0 spiro atoms. The molecule has 31 heavy (non-hydrogen) atoms. The largest absolute Gasteiger partial charge is 0.456 e. The van der Waals surface area contributed by atoms with Crippen LogP contribution in [0.1, 0.15) is 16.9 Å². The van der Waals surface area contributed by atoms with E-state index in [0.29, 0.717) is 22.1 Å². The Hall–Kier alpha value is -3.36. The average Bonchev–Trinajstić information content (AvgIpc) is 3.28. The number of nitro benzene ring substituents is 1. The maximum Gasteiger partial charge on any atom is 0.293 e. The summed E-state index contributed by atoms with van der Waals surface area (Å²) in [7, 11) is 0. The Kier molecular flexibility index (Phi) is 5.67. The van der Waals surface area contributed by atoms with Crippen LogP contribution in [0.5, 0.6) is 0 Å². The first-order valence-electron chi connectivity index (χ1n) is 9.17. The third kappa shape index (κ3) is 4.40. The Morgan fingerprint density at radius 1 is 1.16 bits per heavy atom. The first kappa shape index (κ1) is 20.9. The van der Waals surface area contributed by atoms with Crippen LogP contribution in [0, 0.1) is 17.0 Å². The van der Waals surface area contributed by atoms with Crippen LogP contribution in [0.3, 0.4) is 0 Å². The lowest BCUT2D eigenvalue weighted by molar-refractivity contribution is -0.384. The van der Waals surface area contributed by atoms with Gasteiger partial charge in [0.05, 0.1) is 21.9 Å². The monoisotopic (exact) mass is 454 g/mol. The van der Waals surface area contributed by atoms with E-state index in [-0.39, 0.29) is 17.1 Å². The van der Waals surface area contributed by atoms with Crippen LogP contribution in [-0.2, 0) is 11.3 Å². The van der Waals surface area contributed by atoms with Gasteiger partial charge in [-0.15, -0.1) is 0 Å². The number of carbonyl (C=O) groups is 2. The molecule has 2 aromatic carbocycles. The van der Waals surface area contributed by atoms with Crippen LogP contribution in [0.4, 0.5) is 10.5 Å². The van der Waals surface area contributed by atoms with Crippen molar-refractivity contribution in [3.8, 4) is 11.3 Å². The van der Waals surface area contributed by atoms with Crippen molar-refractivity contribution in [3.63, 3.8) is 0 Å². The highest BCUT2D eigenvalue weighted by Gasteiger charge is 2.35. The van der Waals surface area contributed by atoms with Gasteiger partial charge in [-0.3, -0.25) is 24.6 Å². The number of nitro groups is 1. The predicted molar refractivity (Wildman–Crippen MR) is 119 cm³/mol. The minimum atomic E-state index is -0.467. The summed E-state index contributed by atoms with van der Waals surface area (Å²) in [5.74, 6) is 0.184. The molecule has 156 valence electrons. The molecule has 0 unspecified atom stereocenters. The SMILES string of the molecule is Cc1ccc(-c2ccc(/C=C3\SC(=O)N(Cc4cccc(Cl)c4)C3=O)o2)c([N+](=O)[O-])c1. The van der Waals surface area contributed by atoms with Crippen LogP contribution in [0.2, 0.25) is 5.02 Å². The quantitative estimate of drug-likeness (QED) is 0.264. The lowest BCUT2D eigenvalue weighted by Crippen LogP contribution is -2.27. The number of aryl methyl sites for hydroxylation is 1. The van der Waals surface area contributed by atoms with Crippen LogP contribution in [-0.4, -0.2) is 21.0 Å². The lowest BCUT2D eigenvalue weighted by Gasteiger charge is -2.12. The fraction of sp³-hybridized carbons (Fsp3) is 0.0909. The van der Waals surface area contributed by atoms with Gasteiger partial charge in [0.15, 0.2) is 0 Å². The van der Waals surface area contributed by atoms with Gasteiger partial charge in [-0.2, -0.15) is 0 Å². The summed E-state index contributed by atoms with van der Waals surface area (Å²) < 4.78 is 5.72. The molecule has 3 aromatic rings. The molecule has 1 aliphatic rings. The number of hydrogen-bond acceptors (Lipinski definition) is 6. The number of rotatable bonds is 5. The highest BCUT2D eigenvalue weighted by atomic mass is 35.5. The number of halogens is 1. The van der Waals surface area contributed by atoms with E-state index in [1.165, 1.54) is 12.1 Å². The van der Waals surface area contributed by atoms with E-state index >= 15 is 0 Å². The smallest absolute Gasteiger partial charge is 0.293 e. The first-order valence-corrected chi connectivity index (χ1v) is 10.4. The lowest BCUT2D eigenvalue weighted by atomic mass is 10.1. The number of furan rings is 1. The van der Waals surface area contributed by atoms with Gasteiger partial charge in [0.25, 0.3) is 16.8 Å². The molecule has 7 nitrogen and oxygen atoms in total. The topological polar surface area (TPSA) is 93.7 Å². The summed E-state index contributed by atoms with van der Waals surface area (Å²) in [6, 6.07) is 15.0. The Balaban J connectivity index is 1.58. The van der Waals surface area contributed by atoms with Gasteiger partial charge in [-0.1, -0.05) is 29.8 Å². The summed E-state index contributed by atoms with van der Waals surface area (Å²) >= 11 is 6.78. The highest BCUT2D eigenvalue weighted by Crippen LogP contribution is 2.36. The molecule has 2 heterocycles. The molecule has 0 bridgehead atoms. The van der Waals surface area contributed by atoms with Crippen molar-refractivity contribution in [1.29, 1.82) is 0 Å². The zero-order valence-electron chi connectivity index (χ0n) is 16.2. The molecular formula is C22H15ClN2O5S. The number of benzene rings is 2. The Morgan fingerprint density at radius 2 is 1.97 bits per heavy atom. The van der Waals surface area contributed by atoms with E-state index in [2.05, 4.69) is 0 Å². The van der Waals surface area contributed by atoms with Crippen LogP contribution < -0.4 is 0 Å². The predicted octanol–water partition coefficient (Wildman–Crippen LogP) is 6.05. The van der Waals surface area contributed by atoms with Crippen molar-refractivity contribution < 1.29 is 18.9 Å². The molecule has 0 saturated carbocycles. The van der Waals surface area contributed by atoms with E-state index in [1.807, 2.05) is 0 Å². The Morgan fingerprint density at radius 3 is 2.71 bits per heavy atom. The van der Waals surface area contributed by atoms with Gasteiger partial charge >= 0.3 is 0 Å². The van der Waals surface area contributed by atoms with Crippen molar-refractivity contribution in [3.05, 3.63) is 91.5 Å². The fourth-order valence-corrected chi connectivity index (χ4v) is 4.19. The molecular weight excluding hydrogens is 440 g/mol. The van der Waals surface area contributed by atoms with Gasteiger partial charge in [0, 0.05) is 17.2 Å². The van der Waals surface area contributed by atoms with Crippen molar-refractivity contribution in [2.24, 2.45) is 0 Å². The maximum atomic E-state index is 12.7. The highest BCUT2D eigenvalue weighted by molar-refractivity contribution is 8.18. The van der Waals surface area contributed by atoms with Crippen molar-refractivity contribution >= 4 is 46.3 Å². The summed E-state index contributed by atoms with van der Waals surface area (Å²) in [4.78, 5) is 37.3. The molecule has 1 aliphatic heterocycles. The maximum absolute atomic E-state index is 12.7. The second-order valence-corrected chi connectivity index (χ2v) is 8.31. The first-order chi connectivity index (χ1) is 14.8. The van der Waals surface area contributed by atoms with Gasteiger partial charge in [-0.05, 0) is 60.1 Å². The van der Waals surface area contributed by atoms with Gasteiger partial charge < -0.3 is 4.42 Å². The number of carbonyl (C=O) groups excluding carboxylic acids is 2. The standard InChI is InChI=1S/C22H15ClN2O5S/c1-13-5-7-17(18(9-13)25(28)29)19-8-6-16(30-19)11-20-21(26)24(22(27)31-20)12-14-3-2-4-15(23)10-14/h2-11H,12H2,1H3/b20-11-. The number of thioether (sulfide) groups is 1. The number of imide groups is 1. The summed E-state index contributed by atoms with van der Waals surface area (Å²) in [5.41, 5.74) is 1.77. The second kappa shape index (κ2) is 8.41. The minimum Gasteiger partial charge on any atom is -0.456 e. The summed E-state index contributed by atoms with van der Waals surface area (Å²) in [5, 5.41) is 11.5. The zero-order valence-corrected chi connectivity index (χ0v) is 17.8. The molecule has 1 aromatic heterocycles. The van der Waals surface area contributed by atoms with Gasteiger partial charge in [0.2, 0.25) is 0 Å². The molecule has 4 rings (SSSR count). The van der Waals surface area contributed by atoms with Crippen molar-refractivity contribution in [2.45, 2.75) is 13.5 Å². The molecule has 0 radical (unpaired) electrons. The van der Waals surface area contributed by atoms with E-state index in [1.54, 1.807) is 55.5 Å². The van der Waals surface area contributed by atoms with E-state index in [0.717, 1.165) is 27.8 Å². The molecule has 0 N–H and O–H groups in total. The number of nitrogens with zero attached hydrogens (tertiary/aromatic N) is 2. The summed E-state index contributed by atoms with van der Waals surface area (Å²) in [6.45, 7) is 1.88. The van der Waals surface area contributed by atoms with E-state index in [9.17, 15) is 19.7 Å². The number of hydrogen-bond donors (Lipinski definition) is 0. The van der Waals surface area contributed by atoms with Crippen LogP contribution >= 0.6 is 23.4 Å². The van der Waals surface area contributed by atoms with Gasteiger partial charge in [-0.25, -0.2) is 0 Å². The third-order valence-electron chi connectivity index (χ3n) is 4.62. The van der Waals surface area contributed by atoms with Crippen molar-refractivity contribution in [2.75, 3.05) is 0 Å².